The minimum atomic E-state index is -1.39. The van der Waals surface area contributed by atoms with Gasteiger partial charge in [-0.1, -0.05) is 38.7 Å². The third-order valence-electron chi connectivity index (χ3n) is 8.70. The molecule has 7 heteroatoms. The predicted molar refractivity (Wildman–Crippen MR) is 130 cm³/mol. The van der Waals surface area contributed by atoms with Crippen LogP contribution in [0.5, 0.6) is 0 Å². The van der Waals surface area contributed by atoms with E-state index in [4.69, 9.17) is 0 Å². The highest BCUT2D eigenvalue weighted by atomic mass is 16.2. The molecule has 1 spiro atoms. The number of carbonyl (C=O) groups is 4. The Hall–Kier alpha value is -2.02. The van der Waals surface area contributed by atoms with Crippen LogP contribution in [0.25, 0.3) is 0 Å². The minimum Gasteiger partial charge on any atom is -0.311 e. The van der Waals surface area contributed by atoms with Crippen LogP contribution in [0.2, 0.25) is 0 Å². The van der Waals surface area contributed by atoms with Crippen LogP contribution in [0, 0.1) is 11.3 Å². The SMILES string of the molecule is CCCN1C(=O)N(CC(=O)C2CCCNC23CCCCCC3)C(=O)C(C)(C2=CCCCC2)C1=O. The van der Waals surface area contributed by atoms with E-state index >= 15 is 0 Å². The van der Waals surface area contributed by atoms with E-state index in [1.54, 1.807) is 6.92 Å². The third kappa shape index (κ3) is 4.36. The van der Waals surface area contributed by atoms with Crippen LogP contribution in [0.3, 0.4) is 0 Å². The number of allylic oxidation sites excluding steroid dienone is 1. The van der Waals surface area contributed by atoms with Crippen LogP contribution in [0.1, 0.15) is 97.3 Å². The molecule has 4 rings (SSSR count). The van der Waals surface area contributed by atoms with Crippen LogP contribution in [0.15, 0.2) is 11.6 Å². The first kappa shape index (κ1) is 25.1. The fourth-order valence-corrected chi connectivity index (χ4v) is 6.74. The largest absolute Gasteiger partial charge is 0.333 e. The molecule has 0 aromatic rings. The van der Waals surface area contributed by atoms with Gasteiger partial charge in [0.15, 0.2) is 5.78 Å². The highest BCUT2D eigenvalue weighted by molar-refractivity contribution is 6.21. The van der Waals surface area contributed by atoms with Crippen LogP contribution in [-0.2, 0) is 14.4 Å². The Morgan fingerprint density at radius 1 is 1.00 bits per heavy atom. The Morgan fingerprint density at radius 3 is 2.35 bits per heavy atom. The number of Topliss-reactive ketones (excluding diaryl/α,β-unsaturated/α-hetero) is 1. The van der Waals surface area contributed by atoms with E-state index < -0.39 is 23.3 Å². The quantitative estimate of drug-likeness (QED) is 0.460. The molecule has 188 valence electrons. The van der Waals surface area contributed by atoms with Crippen LogP contribution in [0.4, 0.5) is 4.79 Å². The average Bonchev–Trinajstić information content (AvgIpc) is 3.09. The molecule has 34 heavy (non-hydrogen) atoms. The maximum Gasteiger partial charge on any atom is 0.333 e. The Labute approximate surface area is 203 Å². The van der Waals surface area contributed by atoms with Crippen molar-refractivity contribution in [1.82, 2.24) is 15.1 Å². The van der Waals surface area contributed by atoms with Gasteiger partial charge in [-0.05, 0) is 76.8 Å². The molecule has 0 aromatic heterocycles. The monoisotopic (exact) mass is 471 g/mol. The summed E-state index contributed by atoms with van der Waals surface area (Å²) in [6, 6.07) is -0.627. The Bertz CT molecular complexity index is 858. The first-order chi connectivity index (χ1) is 16.3. The highest BCUT2D eigenvalue weighted by Crippen LogP contribution is 2.42. The number of ketones is 1. The lowest BCUT2D eigenvalue weighted by Gasteiger charge is -2.46. The van der Waals surface area contributed by atoms with Crippen molar-refractivity contribution < 1.29 is 19.2 Å². The lowest BCUT2D eigenvalue weighted by atomic mass is 9.70. The third-order valence-corrected chi connectivity index (χ3v) is 8.70. The molecular formula is C27H41N3O4. The second kappa shape index (κ2) is 10.3. The van der Waals surface area contributed by atoms with E-state index in [0.717, 1.165) is 74.8 Å². The van der Waals surface area contributed by atoms with Crippen LogP contribution < -0.4 is 5.32 Å². The Balaban J connectivity index is 1.63. The van der Waals surface area contributed by atoms with Gasteiger partial charge in [-0.2, -0.15) is 0 Å². The summed E-state index contributed by atoms with van der Waals surface area (Å²) in [6.45, 7) is 4.51. The van der Waals surface area contributed by atoms with Gasteiger partial charge in [0.05, 0.1) is 6.54 Å². The van der Waals surface area contributed by atoms with Crippen molar-refractivity contribution in [2.24, 2.45) is 11.3 Å². The molecule has 3 fully saturated rings. The fraction of sp³-hybridized carbons (Fsp3) is 0.778. The van der Waals surface area contributed by atoms with E-state index in [-0.39, 0.29) is 30.3 Å². The molecule has 2 saturated heterocycles. The van der Waals surface area contributed by atoms with Crippen molar-refractivity contribution in [3.8, 4) is 0 Å². The van der Waals surface area contributed by atoms with Crippen molar-refractivity contribution in [3.63, 3.8) is 0 Å². The molecule has 0 aromatic carbocycles. The smallest absolute Gasteiger partial charge is 0.311 e. The molecule has 0 radical (unpaired) electrons. The second-order valence-corrected chi connectivity index (χ2v) is 10.9. The van der Waals surface area contributed by atoms with Gasteiger partial charge in [0.2, 0.25) is 5.91 Å². The number of imide groups is 2. The van der Waals surface area contributed by atoms with Gasteiger partial charge in [0, 0.05) is 18.0 Å². The minimum absolute atomic E-state index is 0.0402. The summed E-state index contributed by atoms with van der Waals surface area (Å²) in [5.41, 5.74) is -0.810. The van der Waals surface area contributed by atoms with Gasteiger partial charge < -0.3 is 5.32 Å². The molecule has 2 unspecified atom stereocenters. The maximum atomic E-state index is 13.8. The molecular weight excluding hydrogens is 430 g/mol. The number of amides is 4. The zero-order valence-corrected chi connectivity index (χ0v) is 21.0. The van der Waals surface area contributed by atoms with Gasteiger partial charge in [-0.3, -0.25) is 24.2 Å². The molecule has 2 atom stereocenters. The number of barbiturate groups is 1. The van der Waals surface area contributed by atoms with Crippen LogP contribution in [-0.4, -0.2) is 58.6 Å². The van der Waals surface area contributed by atoms with Crippen molar-refractivity contribution in [2.75, 3.05) is 19.6 Å². The summed E-state index contributed by atoms with van der Waals surface area (Å²) >= 11 is 0. The van der Waals surface area contributed by atoms with Gasteiger partial charge in [-0.25, -0.2) is 4.79 Å². The number of hydrogen-bond donors (Lipinski definition) is 1. The normalized spacial score (nSPS) is 30.4. The lowest BCUT2D eigenvalue weighted by molar-refractivity contribution is -0.156. The summed E-state index contributed by atoms with van der Waals surface area (Å²) in [4.78, 5) is 56.8. The van der Waals surface area contributed by atoms with Gasteiger partial charge in [0.1, 0.15) is 5.41 Å². The van der Waals surface area contributed by atoms with E-state index in [1.165, 1.54) is 17.7 Å². The zero-order valence-electron chi connectivity index (χ0n) is 21.0. The first-order valence-corrected chi connectivity index (χ1v) is 13.5. The van der Waals surface area contributed by atoms with E-state index in [1.807, 2.05) is 13.0 Å². The molecule has 2 heterocycles. The molecule has 0 bridgehead atoms. The number of piperidine rings is 1. The number of nitrogens with one attached hydrogen (secondary N) is 1. The number of hydrogen-bond acceptors (Lipinski definition) is 5. The number of nitrogens with zero attached hydrogens (tertiary/aromatic N) is 2. The lowest BCUT2D eigenvalue weighted by Crippen LogP contribution is -2.66. The zero-order chi connectivity index (χ0) is 24.3. The van der Waals surface area contributed by atoms with Crippen molar-refractivity contribution >= 4 is 23.6 Å². The van der Waals surface area contributed by atoms with E-state index in [0.29, 0.717) is 12.8 Å². The van der Waals surface area contributed by atoms with Crippen molar-refractivity contribution in [2.45, 2.75) is 103 Å². The summed E-state index contributed by atoms with van der Waals surface area (Å²) in [5.74, 6) is -1.19. The standard InChI is InChI=1S/C27H41N3O4/c1-3-18-29-23(32)26(2,20-12-7-6-8-13-20)24(33)30(25(29)34)19-22(31)21-14-11-17-28-27(21)15-9-4-5-10-16-27/h12,21,28H,3-11,13-19H2,1-2H3. The number of rotatable bonds is 6. The molecule has 1 saturated carbocycles. The van der Waals surface area contributed by atoms with E-state index in [9.17, 15) is 19.2 Å². The van der Waals surface area contributed by atoms with Gasteiger partial charge in [-0.15, -0.1) is 0 Å². The summed E-state index contributed by atoms with van der Waals surface area (Å²) < 4.78 is 0. The van der Waals surface area contributed by atoms with Crippen LogP contribution >= 0.6 is 0 Å². The molecule has 2 aliphatic carbocycles. The molecule has 2 aliphatic heterocycles. The molecule has 7 nitrogen and oxygen atoms in total. The maximum absolute atomic E-state index is 13.8. The summed E-state index contributed by atoms with van der Waals surface area (Å²) in [5, 5.41) is 3.69. The topological polar surface area (TPSA) is 86.8 Å². The molecule has 4 amide bonds. The Kier molecular flexibility index (Phi) is 7.60. The summed E-state index contributed by atoms with van der Waals surface area (Å²) in [6.07, 6.45) is 14.3. The molecule has 1 N–H and O–H groups in total. The van der Waals surface area contributed by atoms with Crippen molar-refractivity contribution in [1.29, 1.82) is 0 Å². The summed E-state index contributed by atoms with van der Waals surface area (Å²) in [7, 11) is 0. The second-order valence-electron chi connectivity index (χ2n) is 10.9. The number of urea groups is 1. The highest BCUT2D eigenvalue weighted by Gasteiger charge is 2.57. The number of carbonyl (C=O) groups excluding carboxylic acids is 4. The Morgan fingerprint density at radius 2 is 1.71 bits per heavy atom. The van der Waals surface area contributed by atoms with Crippen molar-refractivity contribution in [3.05, 3.63) is 11.6 Å². The average molecular weight is 472 g/mol. The predicted octanol–water partition coefficient (Wildman–Crippen LogP) is 4.36. The van der Waals surface area contributed by atoms with E-state index in [2.05, 4.69) is 5.32 Å². The van der Waals surface area contributed by atoms with Gasteiger partial charge >= 0.3 is 6.03 Å². The van der Waals surface area contributed by atoms with Gasteiger partial charge in [0.25, 0.3) is 5.91 Å². The molecule has 4 aliphatic rings. The first-order valence-electron chi connectivity index (χ1n) is 13.5. The fourth-order valence-electron chi connectivity index (χ4n) is 6.74.